The SMILES string of the molecule is Cc1ccc(S(=O)(=O)Nc2ccc(OCc3cccc(F)c3)c(Cl)c2)cc1. The van der Waals surface area contributed by atoms with E-state index in [2.05, 4.69) is 4.72 Å². The molecule has 7 heteroatoms. The summed E-state index contributed by atoms with van der Waals surface area (Å²) in [4.78, 5) is 0.163. The van der Waals surface area contributed by atoms with Crippen molar-refractivity contribution in [3.8, 4) is 5.75 Å². The van der Waals surface area contributed by atoms with Crippen molar-refractivity contribution in [2.24, 2.45) is 0 Å². The number of hydrogen-bond acceptors (Lipinski definition) is 3. The third-order valence-corrected chi connectivity index (χ3v) is 5.49. The van der Waals surface area contributed by atoms with Crippen molar-refractivity contribution in [2.75, 3.05) is 4.72 Å². The van der Waals surface area contributed by atoms with E-state index < -0.39 is 10.0 Å². The maximum atomic E-state index is 13.2. The standard InChI is InChI=1S/C20H17ClFNO3S/c1-14-5-8-18(9-6-14)27(24,25)23-17-7-10-20(19(21)12-17)26-13-15-3-2-4-16(22)11-15/h2-12,23H,13H2,1H3. The Morgan fingerprint density at radius 3 is 2.44 bits per heavy atom. The average Bonchev–Trinajstić information content (AvgIpc) is 2.61. The Morgan fingerprint density at radius 2 is 1.78 bits per heavy atom. The van der Waals surface area contributed by atoms with Gasteiger partial charge in [-0.05, 0) is 55.0 Å². The van der Waals surface area contributed by atoms with Gasteiger partial charge < -0.3 is 4.74 Å². The molecule has 0 amide bonds. The first-order chi connectivity index (χ1) is 12.8. The number of ether oxygens (including phenoxy) is 1. The molecule has 0 aromatic heterocycles. The molecule has 0 aliphatic heterocycles. The Morgan fingerprint density at radius 1 is 1.04 bits per heavy atom. The summed E-state index contributed by atoms with van der Waals surface area (Å²) in [5.41, 5.74) is 1.95. The van der Waals surface area contributed by atoms with Crippen LogP contribution in [0.15, 0.2) is 71.6 Å². The van der Waals surface area contributed by atoms with Crippen LogP contribution in [0.2, 0.25) is 5.02 Å². The molecular formula is C20H17ClFNO3S. The van der Waals surface area contributed by atoms with Crippen molar-refractivity contribution < 1.29 is 17.5 Å². The van der Waals surface area contributed by atoms with E-state index in [0.717, 1.165) is 5.56 Å². The van der Waals surface area contributed by atoms with Crippen LogP contribution in [-0.2, 0) is 16.6 Å². The minimum absolute atomic E-state index is 0.145. The largest absolute Gasteiger partial charge is 0.487 e. The van der Waals surface area contributed by atoms with E-state index in [9.17, 15) is 12.8 Å². The zero-order valence-corrected chi connectivity index (χ0v) is 16.0. The van der Waals surface area contributed by atoms with Crippen LogP contribution >= 0.6 is 11.6 Å². The Bertz CT molecular complexity index is 1050. The second-order valence-electron chi connectivity index (χ2n) is 5.98. The summed E-state index contributed by atoms with van der Waals surface area (Å²) in [7, 11) is -3.71. The molecule has 3 rings (SSSR count). The van der Waals surface area contributed by atoms with Crippen LogP contribution in [0.3, 0.4) is 0 Å². The molecule has 140 valence electrons. The Kier molecular flexibility index (Phi) is 5.68. The van der Waals surface area contributed by atoms with Crippen molar-refractivity contribution in [2.45, 2.75) is 18.4 Å². The molecule has 0 aliphatic rings. The molecular weight excluding hydrogens is 389 g/mol. The zero-order chi connectivity index (χ0) is 19.4. The molecule has 0 saturated heterocycles. The highest BCUT2D eigenvalue weighted by molar-refractivity contribution is 7.92. The van der Waals surface area contributed by atoms with Gasteiger partial charge in [0.15, 0.2) is 0 Å². The van der Waals surface area contributed by atoms with E-state index in [0.29, 0.717) is 17.0 Å². The number of benzene rings is 3. The van der Waals surface area contributed by atoms with Gasteiger partial charge in [-0.1, -0.05) is 41.4 Å². The average molecular weight is 406 g/mol. The van der Waals surface area contributed by atoms with Crippen molar-refractivity contribution in [1.29, 1.82) is 0 Å². The quantitative estimate of drug-likeness (QED) is 0.615. The smallest absolute Gasteiger partial charge is 0.261 e. The highest BCUT2D eigenvalue weighted by Gasteiger charge is 2.15. The topological polar surface area (TPSA) is 55.4 Å². The van der Waals surface area contributed by atoms with E-state index in [1.165, 1.54) is 30.3 Å². The van der Waals surface area contributed by atoms with Crippen molar-refractivity contribution in [3.63, 3.8) is 0 Å². The molecule has 0 unspecified atom stereocenters. The monoisotopic (exact) mass is 405 g/mol. The number of sulfonamides is 1. The van der Waals surface area contributed by atoms with E-state index in [-0.39, 0.29) is 22.3 Å². The Labute approximate surface area is 162 Å². The lowest BCUT2D eigenvalue weighted by Gasteiger charge is -2.12. The predicted molar refractivity (Wildman–Crippen MR) is 104 cm³/mol. The van der Waals surface area contributed by atoms with Crippen molar-refractivity contribution >= 4 is 27.3 Å². The maximum absolute atomic E-state index is 13.2. The Hall–Kier alpha value is -2.57. The van der Waals surface area contributed by atoms with E-state index in [4.69, 9.17) is 16.3 Å². The first-order valence-corrected chi connectivity index (χ1v) is 9.96. The van der Waals surface area contributed by atoms with Gasteiger partial charge in [-0.3, -0.25) is 4.72 Å². The fraction of sp³-hybridized carbons (Fsp3) is 0.100. The van der Waals surface area contributed by atoms with Gasteiger partial charge in [0.05, 0.1) is 15.6 Å². The summed E-state index contributed by atoms with van der Waals surface area (Å²) >= 11 is 6.19. The number of halogens is 2. The van der Waals surface area contributed by atoms with Crippen molar-refractivity contribution in [1.82, 2.24) is 0 Å². The second-order valence-corrected chi connectivity index (χ2v) is 8.07. The fourth-order valence-corrected chi connectivity index (χ4v) is 3.69. The van der Waals surface area contributed by atoms with Gasteiger partial charge in [0, 0.05) is 0 Å². The van der Waals surface area contributed by atoms with Gasteiger partial charge in [-0.2, -0.15) is 0 Å². The van der Waals surface area contributed by atoms with E-state index in [1.54, 1.807) is 36.4 Å². The summed E-state index contributed by atoms with van der Waals surface area (Å²) < 4.78 is 46.1. The molecule has 27 heavy (non-hydrogen) atoms. The van der Waals surface area contributed by atoms with Gasteiger partial charge in [-0.15, -0.1) is 0 Å². The number of rotatable bonds is 6. The van der Waals surface area contributed by atoms with Crippen LogP contribution < -0.4 is 9.46 Å². The minimum atomic E-state index is -3.71. The highest BCUT2D eigenvalue weighted by atomic mass is 35.5. The number of hydrogen-bond donors (Lipinski definition) is 1. The van der Waals surface area contributed by atoms with Crippen LogP contribution in [0, 0.1) is 12.7 Å². The lowest BCUT2D eigenvalue weighted by atomic mass is 10.2. The van der Waals surface area contributed by atoms with Gasteiger partial charge in [0.25, 0.3) is 10.0 Å². The van der Waals surface area contributed by atoms with Gasteiger partial charge in [-0.25, -0.2) is 12.8 Å². The van der Waals surface area contributed by atoms with Crippen LogP contribution in [0.1, 0.15) is 11.1 Å². The maximum Gasteiger partial charge on any atom is 0.261 e. The molecule has 1 N–H and O–H groups in total. The predicted octanol–water partition coefficient (Wildman–Crippen LogP) is 5.17. The molecule has 0 fully saturated rings. The van der Waals surface area contributed by atoms with Gasteiger partial charge >= 0.3 is 0 Å². The fourth-order valence-electron chi connectivity index (χ4n) is 2.40. The van der Waals surface area contributed by atoms with Crippen LogP contribution in [-0.4, -0.2) is 8.42 Å². The number of aryl methyl sites for hydroxylation is 1. The lowest BCUT2D eigenvalue weighted by molar-refractivity contribution is 0.306. The molecule has 0 heterocycles. The Balaban J connectivity index is 1.71. The highest BCUT2D eigenvalue weighted by Crippen LogP contribution is 2.29. The van der Waals surface area contributed by atoms with Crippen LogP contribution in [0.4, 0.5) is 10.1 Å². The lowest BCUT2D eigenvalue weighted by Crippen LogP contribution is -2.12. The van der Waals surface area contributed by atoms with E-state index >= 15 is 0 Å². The zero-order valence-electron chi connectivity index (χ0n) is 14.4. The molecule has 0 bridgehead atoms. The summed E-state index contributed by atoms with van der Waals surface area (Å²) in [5.74, 6) is 0.0299. The van der Waals surface area contributed by atoms with Crippen LogP contribution in [0.5, 0.6) is 5.75 Å². The van der Waals surface area contributed by atoms with Gasteiger partial charge in [0.2, 0.25) is 0 Å². The molecule has 0 spiro atoms. The first-order valence-electron chi connectivity index (χ1n) is 8.10. The third kappa shape index (κ3) is 4.99. The number of anilines is 1. The van der Waals surface area contributed by atoms with Gasteiger partial charge in [0.1, 0.15) is 18.2 Å². The molecule has 0 saturated carbocycles. The molecule has 3 aromatic rings. The normalized spacial score (nSPS) is 11.2. The molecule has 0 aliphatic carbocycles. The number of nitrogens with one attached hydrogen (secondary N) is 1. The van der Waals surface area contributed by atoms with Crippen LogP contribution in [0.25, 0.3) is 0 Å². The molecule has 4 nitrogen and oxygen atoms in total. The minimum Gasteiger partial charge on any atom is -0.487 e. The summed E-state index contributed by atoms with van der Waals surface area (Å²) in [6, 6.07) is 17.2. The molecule has 0 atom stereocenters. The van der Waals surface area contributed by atoms with Crippen molar-refractivity contribution in [3.05, 3.63) is 88.7 Å². The first kappa shape index (κ1) is 19.2. The third-order valence-electron chi connectivity index (χ3n) is 3.80. The summed E-state index contributed by atoms with van der Waals surface area (Å²) in [6.45, 7) is 2.03. The summed E-state index contributed by atoms with van der Waals surface area (Å²) in [5, 5.41) is 0.246. The second kappa shape index (κ2) is 7.98. The summed E-state index contributed by atoms with van der Waals surface area (Å²) in [6.07, 6.45) is 0. The molecule has 0 radical (unpaired) electrons. The van der Waals surface area contributed by atoms with E-state index in [1.807, 2.05) is 6.92 Å². The molecule has 3 aromatic carbocycles.